The summed E-state index contributed by atoms with van der Waals surface area (Å²) in [6.45, 7) is 8.00. The third kappa shape index (κ3) is 7.35. The number of para-hydroxylation sites is 1. The molecular weight excluding hydrogens is 364 g/mol. The summed E-state index contributed by atoms with van der Waals surface area (Å²) in [5, 5.41) is 6.02. The van der Waals surface area contributed by atoms with Gasteiger partial charge in [0, 0.05) is 38.3 Å². The first-order chi connectivity index (χ1) is 14.1. The van der Waals surface area contributed by atoms with Crippen molar-refractivity contribution in [3.8, 4) is 0 Å². The smallest absolute Gasteiger partial charge is 0.321 e. The van der Waals surface area contributed by atoms with Gasteiger partial charge >= 0.3 is 6.03 Å². The summed E-state index contributed by atoms with van der Waals surface area (Å²) in [6.07, 6.45) is 6.03. The highest BCUT2D eigenvalue weighted by Gasteiger charge is 2.24. The van der Waals surface area contributed by atoms with Crippen LogP contribution in [0.5, 0.6) is 0 Å². The lowest BCUT2D eigenvalue weighted by Gasteiger charge is -2.32. The van der Waals surface area contributed by atoms with E-state index in [0.717, 1.165) is 44.0 Å². The standard InChI is InChI=1S/C23H36N4O2/c1-19-7-5-13-26(18-19)14-6-12-24-22(28)17-20-10-15-27(16-11-20)23(29)25-21-8-3-2-4-9-21/h2-4,8-9,19-20H,5-7,10-18H2,1H3,(H,24,28)(H,25,29)/t19-/m1/s1. The fourth-order valence-corrected chi connectivity index (χ4v) is 4.42. The van der Waals surface area contributed by atoms with Crippen LogP contribution < -0.4 is 10.6 Å². The summed E-state index contributed by atoms with van der Waals surface area (Å²) in [4.78, 5) is 29.0. The second-order valence-electron chi connectivity index (χ2n) is 8.68. The maximum absolute atomic E-state index is 12.4. The molecule has 2 aliphatic rings. The second kappa shape index (κ2) is 11.2. The normalized spacial score (nSPS) is 21.0. The lowest BCUT2D eigenvalue weighted by Crippen LogP contribution is -2.42. The summed E-state index contributed by atoms with van der Waals surface area (Å²) in [5.74, 6) is 1.34. The largest absolute Gasteiger partial charge is 0.356 e. The van der Waals surface area contributed by atoms with Gasteiger partial charge in [0.25, 0.3) is 0 Å². The molecule has 0 bridgehead atoms. The Morgan fingerprint density at radius 2 is 1.83 bits per heavy atom. The molecule has 0 saturated carbocycles. The van der Waals surface area contributed by atoms with E-state index in [1.165, 1.54) is 25.9 Å². The third-order valence-electron chi connectivity index (χ3n) is 6.12. The Kier molecular flexibility index (Phi) is 8.35. The Balaban J connectivity index is 1.27. The van der Waals surface area contributed by atoms with Crippen molar-refractivity contribution in [1.82, 2.24) is 15.1 Å². The van der Waals surface area contributed by atoms with Gasteiger partial charge in [-0.15, -0.1) is 0 Å². The predicted octanol–water partition coefficient (Wildman–Crippen LogP) is 3.56. The highest BCUT2D eigenvalue weighted by Crippen LogP contribution is 2.21. The summed E-state index contributed by atoms with van der Waals surface area (Å²) < 4.78 is 0. The van der Waals surface area contributed by atoms with E-state index in [4.69, 9.17) is 0 Å². The average molecular weight is 401 g/mol. The molecule has 0 spiro atoms. The number of piperidine rings is 2. The minimum Gasteiger partial charge on any atom is -0.356 e. The van der Waals surface area contributed by atoms with Crippen LogP contribution in [-0.2, 0) is 4.79 Å². The van der Waals surface area contributed by atoms with E-state index in [2.05, 4.69) is 22.5 Å². The van der Waals surface area contributed by atoms with Crippen molar-refractivity contribution in [2.24, 2.45) is 11.8 Å². The highest BCUT2D eigenvalue weighted by atomic mass is 16.2. The monoisotopic (exact) mass is 400 g/mol. The molecule has 29 heavy (non-hydrogen) atoms. The van der Waals surface area contributed by atoms with Crippen molar-refractivity contribution < 1.29 is 9.59 Å². The number of urea groups is 1. The molecule has 1 atom stereocenters. The number of hydrogen-bond donors (Lipinski definition) is 2. The Bertz CT molecular complexity index is 644. The van der Waals surface area contributed by atoms with Crippen LogP contribution in [0.3, 0.4) is 0 Å². The highest BCUT2D eigenvalue weighted by molar-refractivity contribution is 5.89. The van der Waals surface area contributed by atoms with Gasteiger partial charge in [-0.05, 0) is 69.2 Å². The van der Waals surface area contributed by atoms with Crippen LogP contribution in [0.15, 0.2) is 30.3 Å². The van der Waals surface area contributed by atoms with Crippen molar-refractivity contribution in [1.29, 1.82) is 0 Å². The maximum Gasteiger partial charge on any atom is 0.321 e. The molecule has 2 N–H and O–H groups in total. The summed E-state index contributed by atoms with van der Waals surface area (Å²) in [6, 6.07) is 9.48. The molecule has 160 valence electrons. The second-order valence-corrected chi connectivity index (χ2v) is 8.68. The lowest BCUT2D eigenvalue weighted by molar-refractivity contribution is -0.122. The van der Waals surface area contributed by atoms with Gasteiger partial charge in [0.05, 0.1) is 0 Å². The molecule has 6 nitrogen and oxygen atoms in total. The number of nitrogens with zero attached hydrogens (tertiary/aromatic N) is 2. The SMILES string of the molecule is C[C@@H]1CCCN(CCCNC(=O)CC2CCN(C(=O)Nc3ccccc3)CC2)C1. The van der Waals surface area contributed by atoms with Crippen molar-refractivity contribution in [3.63, 3.8) is 0 Å². The third-order valence-corrected chi connectivity index (χ3v) is 6.12. The van der Waals surface area contributed by atoms with Gasteiger partial charge in [-0.2, -0.15) is 0 Å². The Morgan fingerprint density at radius 3 is 2.55 bits per heavy atom. The minimum absolute atomic E-state index is 0.0499. The number of hydrogen-bond acceptors (Lipinski definition) is 3. The summed E-state index contributed by atoms with van der Waals surface area (Å²) in [7, 11) is 0. The topological polar surface area (TPSA) is 64.7 Å². The predicted molar refractivity (Wildman–Crippen MR) is 117 cm³/mol. The molecule has 2 fully saturated rings. The zero-order valence-electron chi connectivity index (χ0n) is 17.7. The fraction of sp³-hybridized carbons (Fsp3) is 0.652. The van der Waals surface area contributed by atoms with E-state index in [0.29, 0.717) is 25.4 Å². The van der Waals surface area contributed by atoms with Crippen molar-refractivity contribution in [2.75, 3.05) is 44.6 Å². The van der Waals surface area contributed by atoms with E-state index < -0.39 is 0 Å². The van der Waals surface area contributed by atoms with Crippen LogP contribution in [-0.4, -0.2) is 61.0 Å². The van der Waals surface area contributed by atoms with E-state index >= 15 is 0 Å². The zero-order valence-corrected chi connectivity index (χ0v) is 17.7. The van der Waals surface area contributed by atoms with Crippen LogP contribution in [0.2, 0.25) is 0 Å². The van der Waals surface area contributed by atoms with Gasteiger partial charge in [-0.1, -0.05) is 25.1 Å². The van der Waals surface area contributed by atoms with Crippen LogP contribution in [0.1, 0.15) is 45.4 Å². The number of nitrogens with one attached hydrogen (secondary N) is 2. The number of amides is 3. The summed E-state index contributed by atoms with van der Waals surface area (Å²) in [5.41, 5.74) is 0.818. The number of likely N-dealkylation sites (tertiary alicyclic amines) is 2. The van der Waals surface area contributed by atoms with Gasteiger partial charge in [-0.25, -0.2) is 4.79 Å². The molecule has 0 unspecified atom stereocenters. The molecule has 2 heterocycles. The molecule has 3 amide bonds. The van der Waals surface area contributed by atoms with Crippen molar-refractivity contribution in [3.05, 3.63) is 30.3 Å². The Hall–Kier alpha value is -2.08. The minimum atomic E-state index is -0.0499. The first kappa shape index (κ1) is 21.6. The average Bonchev–Trinajstić information content (AvgIpc) is 2.72. The van der Waals surface area contributed by atoms with Gasteiger partial charge in [0.15, 0.2) is 0 Å². The zero-order chi connectivity index (χ0) is 20.5. The molecule has 2 saturated heterocycles. The number of rotatable bonds is 7. The van der Waals surface area contributed by atoms with E-state index in [1.54, 1.807) is 0 Å². The van der Waals surface area contributed by atoms with Crippen LogP contribution >= 0.6 is 0 Å². The Morgan fingerprint density at radius 1 is 1.07 bits per heavy atom. The van der Waals surface area contributed by atoms with Crippen LogP contribution in [0, 0.1) is 11.8 Å². The molecule has 6 heteroatoms. The van der Waals surface area contributed by atoms with Crippen LogP contribution in [0.25, 0.3) is 0 Å². The number of anilines is 1. The first-order valence-corrected chi connectivity index (χ1v) is 11.2. The van der Waals surface area contributed by atoms with Gasteiger partial charge in [0.1, 0.15) is 0 Å². The van der Waals surface area contributed by atoms with E-state index in [9.17, 15) is 9.59 Å². The number of benzene rings is 1. The van der Waals surface area contributed by atoms with Crippen LogP contribution in [0.4, 0.5) is 10.5 Å². The maximum atomic E-state index is 12.4. The first-order valence-electron chi connectivity index (χ1n) is 11.2. The Labute approximate surface area is 175 Å². The molecule has 0 radical (unpaired) electrons. The molecule has 3 rings (SSSR count). The van der Waals surface area contributed by atoms with E-state index in [1.807, 2.05) is 35.2 Å². The molecule has 0 aliphatic carbocycles. The molecule has 1 aromatic carbocycles. The van der Waals surface area contributed by atoms with E-state index in [-0.39, 0.29) is 11.9 Å². The van der Waals surface area contributed by atoms with Gasteiger partial charge < -0.3 is 20.4 Å². The van der Waals surface area contributed by atoms with Gasteiger partial charge in [0.2, 0.25) is 5.91 Å². The molecular formula is C23H36N4O2. The van der Waals surface area contributed by atoms with Crippen molar-refractivity contribution in [2.45, 2.75) is 45.4 Å². The number of carbonyl (C=O) groups excluding carboxylic acids is 2. The van der Waals surface area contributed by atoms with Crippen molar-refractivity contribution >= 4 is 17.6 Å². The quantitative estimate of drug-likeness (QED) is 0.688. The molecule has 2 aliphatic heterocycles. The van der Waals surface area contributed by atoms with Gasteiger partial charge in [-0.3, -0.25) is 4.79 Å². The molecule has 1 aromatic rings. The summed E-state index contributed by atoms with van der Waals surface area (Å²) >= 11 is 0. The fourth-order valence-electron chi connectivity index (χ4n) is 4.42. The molecule has 0 aromatic heterocycles. The lowest BCUT2D eigenvalue weighted by atomic mass is 9.93. The number of carbonyl (C=O) groups is 2.